The first-order chi connectivity index (χ1) is 4.31. The van der Waals surface area contributed by atoms with E-state index in [-0.39, 0.29) is 18.8 Å². The Morgan fingerprint density at radius 2 is 1.80 bits per heavy atom. The maximum atomic E-state index is 12.3. The second kappa shape index (κ2) is 1.91. The van der Waals surface area contributed by atoms with E-state index in [1.165, 1.54) is 0 Å². The summed E-state index contributed by atoms with van der Waals surface area (Å²) in [6.45, 7) is 3.60. The van der Waals surface area contributed by atoms with Crippen LogP contribution < -0.4 is 5.73 Å². The lowest BCUT2D eigenvalue weighted by Gasteiger charge is -2.42. The van der Waals surface area contributed by atoms with Gasteiger partial charge in [0.15, 0.2) is 0 Å². The average Bonchev–Trinajstić information content (AvgIpc) is 1.56. The fourth-order valence-electron chi connectivity index (χ4n) is 1.19. The maximum absolute atomic E-state index is 12.3. The second-order valence-corrected chi connectivity index (χ2v) is 3.78. The first-order valence-electron chi connectivity index (χ1n) is 3.48. The molecule has 1 saturated carbocycles. The molecule has 1 rings (SSSR count). The lowest BCUT2D eigenvalue weighted by atomic mass is 9.70. The van der Waals surface area contributed by atoms with Crippen LogP contribution in [-0.2, 0) is 0 Å². The van der Waals surface area contributed by atoms with E-state index in [1.807, 2.05) is 0 Å². The predicted octanol–water partition coefficient (Wildman–Crippen LogP) is 1.77. The molecule has 0 bridgehead atoms. The second-order valence-electron chi connectivity index (χ2n) is 3.78. The minimum Gasteiger partial charge on any atom is -0.325 e. The first kappa shape index (κ1) is 7.92. The number of halogens is 2. The highest BCUT2D eigenvalue weighted by Gasteiger charge is 2.49. The van der Waals surface area contributed by atoms with E-state index < -0.39 is 11.5 Å². The number of nitrogens with two attached hydrogens (primary N) is 1. The lowest BCUT2D eigenvalue weighted by molar-refractivity contribution is -0.126. The van der Waals surface area contributed by atoms with Crippen LogP contribution in [0.1, 0.15) is 26.7 Å². The first-order valence-corrected chi connectivity index (χ1v) is 3.48. The Bertz CT molecular complexity index is 129. The molecular weight excluding hydrogens is 136 g/mol. The normalized spacial score (nSPS) is 26.1. The third kappa shape index (κ3) is 1.45. The zero-order chi connectivity index (χ0) is 7.99. The van der Waals surface area contributed by atoms with Crippen LogP contribution >= 0.6 is 0 Å². The Morgan fingerprint density at radius 3 is 1.90 bits per heavy atom. The van der Waals surface area contributed by atoms with Crippen molar-refractivity contribution in [3.63, 3.8) is 0 Å². The zero-order valence-corrected chi connectivity index (χ0v) is 6.32. The van der Waals surface area contributed by atoms with Crippen molar-refractivity contribution in [2.24, 2.45) is 11.7 Å². The van der Waals surface area contributed by atoms with Crippen LogP contribution in [0.25, 0.3) is 0 Å². The molecule has 0 heterocycles. The van der Waals surface area contributed by atoms with Crippen molar-refractivity contribution < 1.29 is 8.78 Å². The Labute approximate surface area is 59.6 Å². The van der Waals surface area contributed by atoms with Gasteiger partial charge >= 0.3 is 0 Å². The zero-order valence-electron chi connectivity index (χ0n) is 6.32. The molecule has 0 unspecified atom stereocenters. The van der Waals surface area contributed by atoms with Crippen LogP contribution in [0.5, 0.6) is 0 Å². The molecule has 3 heteroatoms. The van der Waals surface area contributed by atoms with E-state index in [0.29, 0.717) is 0 Å². The SMILES string of the molecule is CC(C)(N)C1CC(F)(F)C1. The largest absolute Gasteiger partial charge is 0.325 e. The Morgan fingerprint density at radius 1 is 1.40 bits per heavy atom. The molecule has 0 spiro atoms. The molecule has 0 aromatic rings. The van der Waals surface area contributed by atoms with Crippen LogP contribution in [0.2, 0.25) is 0 Å². The van der Waals surface area contributed by atoms with Crippen LogP contribution in [0.15, 0.2) is 0 Å². The van der Waals surface area contributed by atoms with Gasteiger partial charge in [0.05, 0.1) is 0 Å². The van der Waals surface area contributed by atoms with Gasteiger partial charge in [0, 0.05) is 18.4 Å². The van der Waals surface area contributed by atoms with Gasteiger partial charge in [-0.15, -0.1) is 0 Å². The summed E-state index contributed by atoms with van der Waals surface area (Å²) in [4.78, 5) is 0. The standard InChI is InChI=1S/C7H13F2N/c1-6(2,10)5-3-7(8,9)4-5/h5H,3-4,10H2,1-2H3. The molecule has 2 N–H and O–H groups in total. The minimum atomic E-state index is -2.43. The van der Waals surface area contributed by atoms with Gasteiger partial charge in [0.1, 0.15) is 0 Å². The van der Waals surface area contributed by atoms with Gasteiger partial charge in [-0.3, -0.25) is 0 Å². The van der Waals surface area contributed by atoms with Gasteiger partial charge in [0.2, 0.25) is 5.92 Å². The molecule has 10 heavy (non-hydrogen) atoms. The van der Waals surface area contributed by atoms with E-state index in [4.69, 9.17) is 5.73 Å². The van der Waals surface area contributed by atoms with Crippen molar-refractivity contribution in [1.82, 2.24) is 0 Å². The molecular formula is C7H13F2N. The molecule has 1 aliphatic rings. The van der Waals surface area contributed by atoms with E-state index >= 15 is 0 Å². The van der Waals surface area contributed by atoms with E-state index in [9.17, 15) is 8.78 Å². The number of hydrogen-bond acceptors (Lipinski definition) is 1. The number of hydrogen-bond donors (Lipinski definition) is 1. The molecule has 0 aliphatic heterocycles. The highest BCUT2D eigenvalue weighted by Crippen LogP contribution is 2.46. The molecule has 0 aromatic carbocycles. The molecule has 1 nitrogen and oxygen atoms in total. The van der Waals surface area contributed by atoms with Crippen molar-refractivity contribution in [3.8, 4) is 0 Å². The van der Waals surface area contributed by atoms with Gasteiger partial charge in [-0.05, 0) is 19.8 Å². The molecule has 1 fully saturated rings. The third-order valence-corrected chi connectivity index (χ3v) is 2.14. The summed E-state index contributed by atoms with van der Waals surface area (Å²) in [6.07, 6.45) is -0.0625. The number of rotatable bonds is 1. The fourth-order valence-corrected chi connectivity index (χ4v) is 1.19. The summed E-state index contributed by atoms with van der Waals surface area (Å²) in [5.74, 6) is -2.43. The Kier molecular flexibility index (Phi) is 1.51. The smallest absolute Gasteiger partial charge is 0.248 e. The summed E-state index contributed by atoms with van der Waals surface area (Å²) >= 11 is 0. The maximum Gasteiger partial charge on any atom is 0.248 e. The van der Waals surface area contributed by atoms with E-state index in [1.54, 1.807) is 13.8 Å². The molecule has 0 amide bonds. The molecule has 60 valence electrons. The van der Waals surface area contributed by atoms with Crippen molar-refractivity contribution in [2.75, 3.05) is 0 Å². The lowest BCUT2D eigenvalue weighted by Crippen LogP contribution is -2.52. The fraction of sp³-hybridized carbons (Fsp3) is 1.00. The van der Waals surface area contributed by atoms with Crippen molar-refractivity contribution in [1.29, 1.82) is 0 Å². The molecule has 0 radical (unpaired) electrons. The van der Waals surface area contributed by atoms with Crippen LogP contribution in [-0.4, -0.2) is 11.5 Å². The van der Waals surface area contributed by atoms with Crippen molar-refractivity contribution in [2.45, 2.75) is 38.2 Å². The van der Waals surface area contributed by atoms with Gasteiger partial charge in [0.25, 0.3) is 0 Å². The third-order valence-electron chi connectivity index (χ3n) is 2.14. The van der Waals surface area contributed by atoms with Crippen LogP contribution in [0, 0.1) is 5.92 Å². The topological polar surface area (TPSA) is 26.0 Å². The summed E-state index contributed by atoms with van der Waals surface area (Å²) in [7, 11) is 0. The predicted molar refractivity (Wildman–Crippen MR) is 35.9 cm³/mol. The summed E-state index contributed by atoms with van der Waals surface area (Å²) < 4.78 is 24.5. The Balaban J connectivity index is 2.40. The molecule has 0 saturated heterocycles. The number of alkyl halides is 2. The summed E-state index contributed by atoms with van der Waals surface area (Å²) in [6, 6.07) is 0. The van der Waals surface area contributed by atoms with Crippen molar-refractivity contribution in [3.05, 3.63) is 0 Å². The van der Waals surface area contributed by atoms with E-state index in [2.05, 4.69) is 0 Å². The Hall–Kier alpha value is -0.180. The minimum absolute atomic E-state index is 0.00231. The highest BCUT2D eigenvalue weighted by molar-refractivity contribution is 4.96. The van der Waals surface area contributed by atoms with Gasteiger partial charge < -0.3 is 5.73 Å². The van der Waals surface area contributed by atoms with Crippen LogP contribution in [0.4, 0.5) is 8.78 Å². The van der Waals surface area contributed by atoms with E-state index in [0.717, 1.165) is 0 Å². The summed E-state index contributed by atoms with van der Waals surface area (Å²) in [5.41, 5.74) is 5.20. The van der Waals surface area contributed by atoms with Crippen molar-refractivity contribution >= 4 is 0 Å². The molecule has 0 aromatic heterocycles. The average molecular weight is 149 g/mol. The monoisotopic (exact) mass is 149 g/mol. The molecule has 0 atom stereocenters. The van der Waals surface area contributed by atoms with Gasteiger partial charge in [-0.25, -0.2) is 8.78 Å². The quantitative estimate of drug-likeness (QED) is 0.604. The van der Waals surface area contributed by atoms with Gasteiger partial charge in [-0.1, -0.05) is 0 Å². The van der Waals surface area contributed by atoms with Crippen LogP contribution in [0.3, 0.4) is 0 Å². The van der Waals surface area contributed by atoms with Gasteiger partial charge in [-0.2, -0.15) is 0 Å². The summed E-state index contributed by atoms with van der Waals surface area (Å²) in [5, 5.41) is 0. The highest BCUT2D eigenvalue weighted by atomic mass is 19.3. The molecule has 1 aliphatic carbocycles.